The largest absolute Gasteiger partial charge is 0.458 e. The molecular formula is C21H27NO8. The Hall–Kier alpha value is -3.10. The maximum absolute atomic E-state index is 13.3. The van der Waals surface area contributed by atoms with Crippen molar-refractivity contribution in [3.8, 4) is 11.5 Å². The number of amides is 1. The van der Waals surface area contributed by atoms with E-state index in [1.807, 2.05) is 26.0 Å². The molecule has 1 aromatic rings. The van der Waals surface area contributed by atoms with Crippen LogP contribution >= 0.6 is 0 Å². The summed E-state index contributed by atoms with van der Waals surface area (Å²) in [6, 6.07) is 3.65. The number of esters is 2. The first kappa shape index (κ1) is 23.2. The minimum atomic E-state index is -1.42. The van der Waals surface area contributed by atoms with Crippen molar-refractivity contribution in [3.05, 3.63) is 23.3 Å². The van der Waals surface area contributed by atoms with Crippen LogP contribution in [0.5, 0.6) is 11.5 Å². The second-order valence-electron chi connectivity index (χ2n) is 6.97. The predicted octanol–water partition coefficient (Wildman–Crippen LogP) is 1.91. The molecule has 0 saturated heterocycles. The van der Waals surface area contributed by atoms with Crippen LogP contribution in [0.3, 0.4) is 0 Å². The van der Waals surface area contributed by atoms with Gasteiger partial charge in [0.15, 0.2) is 17.6 Å². The van der Waals surface area contributed by atoms with E-state index in [-0.39, 0.29) is 19.8 Å². The topological polar surface area (TPSA) is 108 Å². The fourth-order valence-corrected chi connectivity index (χ4v) is 3.18. The lowest BCUT2D eigenvalue weighted by Gasteiger charge is -2.30. The molecule has 0 radical (unpaired) electrons. The van der Waals surface area contributed by atoms with Crippen molar-refractivity contribution in [1.29, 1.82) is 0 Å². The summed E-state index contributed by atoms with van der Waals surface area (Å²) < 4.78 is 21.1. The van der Waals surface area contributed by atoms with Crippen molar-refractivity contribution in [2.24, 2.45) is 0 Å². The summed E-state index contributed by atoms with van der Waals surface area (Å²) in [6.45, 7) is 6.84. The fourth-order valence-electron chi connectivity index (χ4n) is 3.18. The molecule has 1 amide bonds. The highest BCUT2D eigenvalue weighted by atomic mass is 16.7. The Labute approximate surface area is 175 Å². The van der Waals surface area contributed by atoms with E-state index in [9.17, 15) is 19.2 Å². The number of nitrogens with zero attached hydrogens (tertiary/aromatic N) is 1. The molecule has 1 aromatic carbocycles. The summed E-state index contributed by atoms with van der Waals surface area (Å²) in [5, 5.41) is 0. The van der Waals surface area contributed by atoms with E-state index in [2.05, 4.69) is 0 Å². The Kier molecular flexibility index (Phi) is 8.20. The molecule has 1 aliphatic heterocycles. The molecule has 2 rings (SSSR count). The smallest absolute Gasteiger partial charge is 0.303 e. The van der Waals surface area contributed by atoms with Crippen LogP contribution in [-0.2, 0) is 35.2 Å². The van der Waals surface area contributed by atoms with Crippen molar-refractivity contribution in [3.63, 3.8) is 0 Å². The molecule has 1 aliphatic rings. The first-order valence-corrected chi connectivity index (χ1v) is 9.72. The van der Waals surface area contributed by atoms with Gasteiger partial charge in [0.05, 0.1) is 0 Å². The Morgan fingerprint density at radius 1 is 1.13 bits per heavy atom. The van der Waals surface area contributed by atoms with Crippen molar-refractivity contribution in [2.75, 3.05) is 13.3 Å². The second kappa shape index (κ2) is 10.6. The van der Waals surface area contributed by atoms with E-state index in [0.29, 0.717) is 30.8 Å². The Bertz CT molecular complexity index is 806. The van der Waals surface area contributed by atoms with Crippen molar-refractivity contribution in [2.45, 2.75) is 59.3 Å². The summed E-state index contributed by atoms with van der Waals surface area (Å²) in [5.74, 6) is -0.706. The Morgan fingerprint density at radius 3 is 2.33 bits per heavy atom. The van der Waals surface area contributed by atoms with Gasteiger partial charge in [-0.2, -0.15) is 0 Å². The maximum Gasteiger partial charge on any atom is 0.303 e. The number of aldehydes is 1. The SMILES string of the molecule is CCCN(Cc1cc2c(cc1C)OCO2)C(=O)[C@H](OC(C)=O)[C@H](CC=O)OC(C)=O. The summed E-state index contributed by atoms with van der Waals surface area (Å²) in [7, 11) is 0. The molecule has 0 aromatic heterocycles. The molecule has 164 valence electrons. The number of carbonyl (C=O) groups is 4. The lowest BCUT2D eigenvalue weighted by Crippen LogP contribution is -2.48. The third-order valence-electron chi connectivity index (χ3n) is 4.52. The summed E-state index contributed by atoms with van der Waals surface area (Å²) in [4.78, 5) is 49.0. The number of ether oxygens (including phenoxy) is 4. The van der Waals surface area contributed by atoms with Crippen LogP contribution < -0.4 is 9.47 Å². The predicted molar refractivity (Wildman–Crippen MR) is 105 cm³/mol. The van der Waals surface area contributed by atoms with Gasteiger partial charge in [0.2, 0.25) is 12.9 Å². The van der Waals surface area contributed by atoms with Crippen LogP contribution in [0.25, 0.3) is 0 Å². The first-order chi connectivity index (χ1) is 14.3. The fraction of sp³-hybridized carbons (Fsp3) is 0.524. The van der Waals surface area contributed by atoms with Gasteiger partial charge in [0, 0.05) is 33.4 Å². The van der Waals surface area contributed by atoms with Gasteiger partial charge in [0.1, 0.15) is 6.29 Å². The van der Waals surface area contributed by atoms with Crippen molar-refractivity contribution in [1.82, 2.24) is 4.90 Å². The number of benzene rings is 1. The Morgan fingerprint density at radius 2 is 1.77 bits per heavy atom. The normalized spacial score (nSPS) is 13.9. The van der Waals surface area contributed by atoms with Crippen LogP contribution in [0.1, 0.15) is 44.7 Å². The average molecular weight is 421 g/mol. The van der Waals surface area contributed by atoms with Crippen LogP contribution in [0.2, 0.25) is 0 Å². The minimum absolute atomic E-state index is 0.139. The van der Waals surface area contributed by atoms with Gasteiger partial charge >= 0.3 is 11.9 Å². The van der Waals surface area contributed by atoms with Gasteiger partial charge in [-0.25, -0.2) is 0 Å². The van der Waals surface area contributed by atoms with Gasteiger partial charge < -0.3 is 28.6 Å². The monoisotopic (exact) mass is 421 g/mol. The van der Waals surface area contributed by atoms with Crippen LogP contribution in [-0.4, -0.2) is 54.6 Å². The van der Waals surface area contributed by atoms with Gasteiger partial charge in [-0.1, -0.05) is 6.92 Å². The maximum atomic E-state index is 13.3. The number of fused-ring (bicyclic) bond motifs is 1. The molecule has 1 heterocycles. The highest BCUT2D eigenvalue weighted by Crippen LogP contribution is 2.35. The van der Waals surface area contributed by atoms with E-state index >= 15 is 0 Å². The van der Waals surface area contributed by atoms with E-state index in [1.165, 1.54) is 4.90 Å². The molecule has 30 heavy (non-hydrogen) atoms. The van der Waals surface area contributed by atoms with Crippen molar-refractivity contribution < 1.29 is 38.1 Å². The molecule has 0 N–H and O–H groups in total. The first-order valence-electron chi connectivity index (χ1n) is 9.72. The van der Waals surface area contributed by atoms with Crippen molar-refractivity contribution >= 4 is 24.1 Å². The highest BCUT2D eigenvalue weighted by Gasteiger charge is 2.36. The van der Waals surface area contributed by atoms with Gasteiger partial charge in [-0.05, 0) is 36.6 Å². The van der Waals surface area contributed by atoms with E-state index in [1.54, 1.807) is 0 Å². The average Bonchev–Trinajstić information content (AvgIpc) is 3.11. The molecule has 9 nitrogen and oxygen atoms in total. The van der Waals surface area contributed by atoms with Crippen LogP contribution in [0.15, 0.2) is 12.1 Å². The number of carbonyl (C=O) groups excluding carboxylic acids is 4. The van der Waals surface area contributed by atoms with Crippen LogP contribution in [0.4, 0.5) is 0 Å². The molecular weight excluding hydrogens is 394 g/mol. The van der Waals surface area contributed by atoms with Crippen LogP contribution in [0, 0.1) is 6.92 Å². The molecule has 0 unspecified atom stereocenters. The lowest BCUT2D eigenvalue weighted by molar-refractivity contribution is -0.175. The summed E-state index contributed by atoms with van der Waals surface area (Å²) in [5.41, 5.74) is 1.74. The zero-order valence-electron chi connectivity index (χ0n) is 17.6. The van der Waals surface area contributed by atoms with E-state index < -0.39 is 30.1 Å². The van der Waals surface area contributed by atoms with Gasteiger partial charge in [-0.3, -0.25) is 14.4 Å². The standard InChI is InChI=1S/C21H27NO8/c1-5-7-22(11-16-10-19-18(9-13(16)2)27-12-28-19)21(26)20(30-15(4)25)17(6-8-23)29-14(3)24/h8-10,17,20H,5-7,11-12H2,1-4H3/t17-,20+/m0/s1. The summed E-state index contributed by atoms with van der Waals surface area (Å²) in [6.07, 6.45) is -1.73. The molecule has 0 aliphatic carbocycles. The van der Waals surface area contributed by atoms with E-state index in [4.69, 9.17) is 18.9 Å². The number of rotatable bonds is 10. The quantitative estimate of drug-likeness (QED) is 0.416. The molecule has 2 atom stereocenters. The number of hydrogen-bond acceptors (Lipinski definition) is 8. The third kappa shape index (κ3) is 5.95. The Balaban J connectivity index is 2.32. The summed E-state index contributed by atoms with van der Waals surface area (Å²) >= 11 is 0. The highest BCUT2D eigenvalue weighted by molar-refractivity contribution is 5.85. The minimum Gasteiger partial charge on any atom is -0.458 e. The molecule has 0 fully saturated rings. The molecule has 0 saturated carbocycles. The second-order valence-corrected chi connectivity index (χ2v) is 6.97. The number of hydrogen-bond donors (Lipinski definition) is 0. The lowest BCUT2D eigenvalue weighted by atomic mass is 10.1. The zero-order chi connectivity index (χ0) is 22.3. The third-order valence-corrected chi connectivity index (χ3v) is 4.52. The van der Waals surface area contributed by atoms with Gasteiger partial charge in [0.25, 0.3) is 5.91 Å². The van der Waals surface area contributed by atoms with Gasteiger partial charge in [-0.15, -0.1) is 0 Å². The molecule has 0 spiro atoms. The zero-order valence-corrected chi connectivity index (χ0v) is 17.6. The van der Waals surface area contributed by atoms with E-state index in [0.717, 1.165) is 25.0 Å². The number of aryl methyl sites for hydroxylation is 1. The molecule has 9 heteroatoms. The molecule has 0 bridgehead atoms.